The van der Waals surface area contributed by atoms with E-state index in [0.717, 1.165) is 0 Å². The Bertz CT molecular complexity index is 1310. The van der Waals surface area contributed by atoms with Crippen molar-refractivity contribution < 1.29 is 28.6 Å². The first-order valence-electron chi connectivity index (χ1n) is 12.1. The van der Waals surface area contributed by atoms with Crippen LogP contribution < -0.4 is 25.0 Å². The summed E-state index contributed by atoms with van der Waals surface area (Å²) in [6.45, 7) is 4.13. The number of urea groups is 1. The maximum absolute atomic E-state index is 13.0. The number of rotatable bonds is 12. The van der Waals surface area contributed by atoms with Gasteiger partial charge in [0.2, 0.25) is 5.91 Å². The van der Waals surface area contributed by atoms with Gasteiger partial charge in [0, 0.05) is 18.2 Å². The number of methoxy groups -OCH3 is 2. The third kappa shape index (κ3) is 8.24. The summed E-state index contributed by atoms with van der Waals surface area (Å²) >= 11 is 6.12. The molecule has 9 nitrogen and oxygen atoms in total. The lowest BCUT2D eigenvalue weighted by atomic mass is 10.2. The Morgan fingerprint density at radius 1 is 0.974 bits per heavy atom. The van der Waals surface area contributed by atoms with Crippen LogP contribution in [0.2, 0.25) is 5.02 Å². The minimum absolute atomic E-state index is 0.126. The number of hydrogen-bond donors (Lipinski definition) is 2. The second kappa shape index (κ2) is 14.4. The first-order chi connectivity index (χ1) is 18.9. The number of halogens is 1. The number of carbonyl (C=O) groups excluding carboxylic acids is 3. The Kier molecular flexibility index (Phi) is 10.8. The molecule has 0 spiro atoms. The molecular formula is C29H30ClN3O6. The van der Waals surface area contributed by atoms with E-state index in [1.165, 1.54) is 14.2 Å². The fourth-order valence-corrected chi connectivity index (χ4v) is 3.79. The van der Waals surface area contributed by atoms with Gasteiger partial charge in [-0.15, -0.1) is 6.58 Å². The van der Waals surface area contributed by atoms with Crippen LogP contribution in [-0.2, 0) is 9.53 Å². The minimum Gasteiger partial charge on any atom is -0.494 e. The maximum Gasteiger partial charge on any atom is 0.337 e. The van der Waals surface area contributed by atoms with E-state index in [1.807, 2.05) is 0 Å². The summed E-state index contributed by atoms with van der Waals surface area (Å²) in [7, 11) is 2.79. The molecule has 10 heteroatoms. The van der Waals surface area contributed by atoms with Crippen LogP contribution in [0.25, 0.3) is 0 Å². The molecule has 0 fully saturated rings. The topological polar surface area (TPSA) is 106 Å². The van der Waals surface area contributed by atoms with Crippen molar-refractivity contribution in [2.24, 2.45) is 0 Å². The van der Waals surface area contributed by atoms with Crippen molar-refractivity contribution in [3.05, 3.63) is 90.0 Å². The molecule has 3 rings (SSSR count). The highest BCUT2D eigenvalue weighted by Gasteiger charge is 2.18. The van der Waals surface area contributed by atoms with Crippen LogP contribution >= 0.6 is 11.6 Å². The summed E-state index contributed by atoms with van der Waals surface area (Å²) in [5.41, 5.74) is 1.85. The van der Waals surface area contributed by atoms with Crippen molar-refractivity contribution in [1.82, 2.24) is 0 Å². The summed E-state index contributed by atoms with van der Waals surface area (Å²) < 4.78 is 16.0. The number of nitrogens with one attached hydrogen (secondary N) is 2. The molecule has 0 aliphatic rings. The molecule has 0 aromatic heterocycles. The summed E-state index contributed by atoms with van der Waals surface area (Å²) in [6, 6.07) is 17.9. The van der Waals surface area contributed by atoms with Crippen LogP contribution in [0.15, 0.2) is 79.4 Å². The SMILES string of the molecule is C=CCCC(=O)N(CCOc1ccc(C(=O)OC)cc1)c1ccc(NC(=O)Nc2ccccc2Cl)c(OC)c1. The van der Waals surface area contributed by atoms with Crippen LogP contribution in [0.3, 0.4) is 0 Å². The molecule has 3 aromatic carbocycles. The summed E-state index contributed by atoms with van der Waals surface area (Å²) in [4.78, 5) is 38.8. The zero-order valence-corrected chi connectivity index (χ0v) is 22.5. The van der Waals surface area contributed by atoms with E-state index in [4.69, 9.17) is 25.8 Å². The van der Waals surface area contributed by atoms with E-state index in [-0.39, 0.29) is 25.5 Å². The number of nitrogens with zero attached hydrogens (tertiary/aromatic N) is 1. The van der Waals surface area contributed by atoms with Gasteiger partial charge in [-0.2, -0.15) is 0 Å². The normalized spacial score (nSPS) is 10.2. The lowest BCUT2D eigenvalue weighted by Crippen LogP contribution is -2.34. The van der Waals surface area contributed by atoms with E-state index in [0.29, 0.717) is 45.6 Å². The molecule has 204 valence electrons. The Labute approximate surface area is 232 Å². The predicted molar refractivity (Wildman–Crippen MR) is 152 cm³/mol. The van der Waals surface area contributed by atoms with Crippen molar-refractivity contribution in [3.63, 3.8) is 0 Å². The average Bonchev–Trinajstić information content (AvgIpc) is 2.95. The molecule has 3 amide bonds. The van der Waals surface area contributed by atoms with Crippen LogP contribution in [0, 0.1) is 0 Å². The van der Waals surface area contributed by atoms with Crippen molar-refractivity contribution in [2.45, 2.75) is 12.8 Å². The average molecular weight is 552 g/mol. The smallest absolute Gasteiger partial charge is 0.337 e. The van der Waals surface area contributed by atoms with Crippen LogP contribution in [0.1, 0.15) is 23.2 Å². The third-order valence-electron chi connectivity index (χ3n) is 5.59. The van der Waals surface area contributed by atoms with E-state index < -0.39 is 12.0 Å². The maximum atomic E-state index is 13.0. The van der Waals surface area contributed by atoms with Gasteiger partial charge < -0.3 is 29.7 Å². The van der Waals surface area contributed by atoms with E-state index in [2.05, 4.69) is 17.2 Å². The molecule has 0 bridgehead atoms. The lowest BCUT2D eigenvalue weighted by Gasteiger charge is -2.24. The van der Waals surface area contributed by atoms with Crippen LogP contribution in [0.4, 0.5) is 21.9 Å². The van der Waals surface area contributed by atoms with Gasteiger partial charge in [0.05, 0.1) is 42.7 Å². The molecular weight excluding hydrogens is 522 g/mol. The Morgan fingerprint density at radius 3 is 2.36 bits per heavy atom. The van der Waals surface area contributed by atoms with E-state index in [9.17, 15) is 14.4 Å². The number of hydrogen-bond acceptors (Lipinski definition) is 6. The van der Waals surface area contributed by atoms with Gasteiger partial charge in [-0.1, -0.05) is 29.8 Å². The number of ether oxygens (including phenoxy) is 3. The molecule has 39 heavy (non-hydrogen) atoms. The van der Waals surface area contributed by atoms with E-state index in [1.54, 1.807) is 77.7 Å². The first-order valence-corrected chi connectivity index (χ1v) is 12.5. The molecule has 0 aliphatic carbocycles. The predicted octanol–water partition coefficient (Wildman–Crippen LogP) is 6.16. The fraction of sp³-hybridized carbons (Fsp3) is 0.207. The zero-order chi connectivity index (χ0) is 28.2. The lowest BCUT2D eigenvalue weighted by molar-refractivity contribution is -0.118. The number of para-hydroxylation sites is 1. The summed E-state index contributed by atoms with van der Waals surface area (Å²) in [6.07, 6.45) is 2.46. The molecule has 0 unspecified atom stereocenters. The van der Waals surface area contributed by atoms with Gasteiger partial charge >= 0.3 is 12.0 Å². The second-order valence-electron chi connectivity index (χ2n) is 8.18. The molecule has 2 N–H and O–H groups in total. The van der Waals surface area contributed by atoms with Crippen molar-refractivity contribution in [2.75, 3.05) is 42.9 Å². The number of carbonyl (C=O) groups is 3. The third-order valence-corrected chi connectivity index (χ3v) is 5.92. The van der Waals surface area contributed by atoms with Crippen molar-refractivity contribution >= 4 is 46.6 Å². The highest BCUT2D eigenvalue weighted by atomic mass is 35.5. The minimum atomic E-state index is -0.500. The molecule has 0 radical (unpaired) electrons. The van der Waals surface area contributed by atoms with Crippen LogP contribution in [-0.4, -0.2) is 45.3 Å². The second-order valence-corrected chi connectivity index (χ2v) is 8.59. The van der Waals surface area contributed by atoms with Crippen molar-refractivity contribution in [1.29, 1.82) is 0 Å². The number of esters is 1. The zero-order valence-electron chi connectivity index (χ0n) is 21.7. The van der Waals surface area contributed by atoms with Gasteiger partial charge in [-0.3, -0.25) is 4.79 Å². The molecule has 0 aliphatic heterocycles. The summed E-state index contributed by atoms with van der Waals surface area (Å²) in [5.74, 6) is 0.345. The van der Waals surface area contributed by atoms with Crippen molar-refractivity contribution in [3.8, 4) is 11.5 Å². The molecule has 0 saturated carbocycles. The Hall–Kier alpha value is -4.50. The number of amides is 3. The van der Waals surface area contributed by atoms with Gasteiger partial charge in [0.15, 0.2) is 0 Å². The quantitative estimate of drug-likeness (QED) is 0.206. The van der Waals surface area contributed by atoms with Gasteiger partial charge in [0.1, 0.15) is 18.1 Å². The molecule has 0 heterocycles. The summed E-state index contributed by atoms with van der Waals surface area (Å²) in [5, 5.41) is 5.84. The monoisotopic (exact) mass is 551 g/mol. The van der Waals surface area contributed by atoms with Gasteiger partial charge in [-0.25, -0.2) is 9.59 Å². The number of anilines is 3. The van der Waals surface area contributed by atoms with Crippen LogP contribution in [0.5, 0.6) is 11.5 Å². The van der Waals surface area contributed by atoms with Gasteiger partial charge in [0.25, 0.3) is 0 Å². The number of allylic oxidation sites excluding steroid dienone is 1. The highest BCUT2D eigenvalue weighted by molar-refractivity contribution is 6.33. The molecule has 3 aromatic rings. The molecule has 0 saturated heterocycles. The molecule has 0 atom stereocenters. The fourth-order valence-electron chi connectivity index (χ4n) is 3.61. The largest absolute Gasteiger partial charge is 0.494 e. The highest BCUT2D eigenvalue weighted by Crippen LogP contribution is 2.31. The van der Waals surface area contributed by atoms with Gasteiger partial charge in [-0.05, 0) is 55.0 Å². The number of benzene rings is 3. The Balaban J connectivity index is 1.72. The first kappa shape index (κ1) is 29.1. The Morgan fingerprint density at radius 2 is 1.69 bits per heavy atom. The standard InChI is InChI=1S/C29H30ClN3O6/c1-4-5-10-27(34)33(17-18-39-22-14-11-20(12-15-22)28(35)38-3)21-13-16-25(26(19-21)37-2)32-29(36)31-24-9-7-6-8-23(24)30/h4,6-9,11-16,19H,1,5,10,17-18H2,2-3H3,(H2,31,32,36). The van der Waals surface area contributed by atoms with E-state index >= 15 is 0 Å².